The maximum atomic E-state index is 10.5. The third kappa shape index (κ3) is 8.60. The van der Waals surface area contributed by atoms with Gasteiger partial charge >= 0.3 is 0 Å². The largest absolute Gasteiger partial charge is 0.375 e. The van der Waals surface area contributed by atoms with Crippen molar-refractivity contribution in [1.29, 1.82) is 0 Å². The van der Waals surface area contributed by atoms with E-state index in [1.54, 1.807) is 0 Å². The average molecular weight is 372 g/mol. The van der Waals surface area contributed by atoms with Crippen molar-refractivity contribution in [2.45, 2.75) is 73.6 Å². The topological polar surface area (TPSA) is 20.3 Å². The number of hydrogen-bond acceptors (Lipinski definition) is 2. The number of rotatable bonds is 7. The molecule has 2 heteroatoms. The number of benzene rings is 1. The first-order valence-corrected chi connectivity index (χ1v) is 10.1. The SMILES string of the molecule is C.C=CC/C(=C/C)N1CCC(CCC)CC1.CCc1cc(C)ccc1C=O. The van der Waals surface area contributed by atoms with Crippen LogP contribution in [-0.2, 0) is 6.42 Å². The number of carbonyl (C=O) groups excluding carboxylic acids is 1. The molecule has 0 spiro atoms. The molecule has 1 aromatic rings. The molecule has 0 aliphatic carbocycles. The molecule has 1 aliphatic rings. The van der Waals surface area contributed by atoms with Crippen molar-refractivity contribution in [3.8, 4) is 0 Å². The Bertz CT molecular complexity index is 580. The monoisotopic (exact) mass is 371 g/mol. The van der Waals surface area contributed by atoms with Crippen molar-refractivity contribution in [2.75, 3.05) is 13.1 Å². The van der Waals surface area contributed by atoms with Gasteiger partial charge in [0.15, 0.2) is 0 Å². The van der Waals surface area contributed by atoms with Crippen LogP contribution in [0.5, 0.6) is 0 Å². The van der Waals surface area contributed by atoms with Crippen molar-refractivity contribution in [2.24, 2.45) is 5.92 Å². The van der Waals surface area contributed by atoms with Crippen LogP contribution in [0.1, 0.15) is 81.8 Å². The van der Waals surface area contributed by atoms with Crippen LogP contribution in [0.25, 0.3) is 0 Å². The lowest BCUT2D eigenvalue weighted by molar-refractivity contribution is 0.112. The molecule has 1 saturated heterocycles. The number of nitrogens with zero attached hydrogens (tertiary/aromatic N) is 1. The highest BCUT2D eigenvalue weighted by Gasteiger charge is 2.18. The number of aryl methyl sites for hydroxylation is 2. The molecule has 0 saturated carbocycles. The van der Waals surface area contributed by atoms with Crippen LogP contribution in [0.3, 0.4) is 0 Å². The van der Waals surface area contributed by atoms with Gasteiger partial charge in [-0.15, -0.1) is 6.58 Å². The quantitative estimate of drug-likeness (QED) is 0.380. The molecule has 1 heterocycles. The summed E-state index contributed by atoms with van der Waals surface area (Å²) in [5.41, 5.74) is 4.63. The van der Waals surface area contributed by atoms with E-state index in [0.29, 0.717) is 0 Å². The average Bonchev–Trinajstić information content (AvgIpc) is 2.67. The lowest BCUT2D eigenvalue weighted by Gasteiger charge is -2.35. The fourth-order valence-corrected chi connectivity index (χ4v) is 3.65. The van der Waals surface area contributed by atoms with Gasteiger partial charge in [-0.25, -0.2) is 0 Å². The molecule has 0 unspecified atom stereocenters. The van der Waals surface area contributed by atoms with E-state index in [0.717, 1.165) is 36.2 Å². The first-order valence-electron chi connectivity index (χ1n) is 10.1. The van der Waals surface area contributed by atoms with Gasteiger partial charge in [0.2, 0.25) is 0 Å². The molecule has 0 aromatic heterocycles. The normalized spacial score (nSPS) is 14.7. The zero-order valence-corrected chi connectivity index (χ0v) is 17.3. The summed E-state index contributed by atoms with van der Waals surface area (Å²) >= 11 is 0. The zero-order valence-electron chi connectivity index (χ0n) is 17.3. The van der Waals surface area contributed by atoms with E-state index in [1.165, 1.54) is 50.0 Å². The van der Waals surface area contributed by atoms with E-state index >= 15 is 0 Å². The summed E-state index contributed by atoms with van der Waals surface area (Å²) in [6, 6.07) is 5.90. The first kappa shape index (κ1) is 25.2. The number of carbonyl (C=O) groups is 1. The van der Waals surface area contributed by atoms with E-state index in [1.807, 2.05) is 25.1 Å². The van der Waals surface area contributed by atoms with Crippen molar-refractivity contribution in [1.82, 2.24) is 4.90 Å². The minimum absolute atomic E-state index is 0. The predicted molar refractivity (Wildman–Crippen MR) is 120 cm³/mol. The second kappa shape index (κ2) is 14.3. The number of hydrogen-bond donors (Lipinski definition) is 0. The summed E-state index contributed by atoms with van der Waals surface area (Å²) < 4.78 is 0. The van der Waals surface area contributed by atoms with Gasteiger partial charge in [0.05, 0.1) is 0 Å². The molecular weight excluding hydrogens is 330 g/mol. The first-order chi connectivity index (χ1) is 12.6. The Morgan fingerprint density at radius 2 is 1.93 bits per heavy atom. The molecule has 0 atom stereocenters. The summed E-state index contributed by atoms with van der Waals surface area (Å²) in [4.78, 5) is 13.0. The minimum Gasteiger partial charge on any atom is -0.375 e. The van der Waals surface area contributed by atoms with Gasteiger partial charge in [0.1, 0.15) is 6.29 Å². The molecule has 1 fully saturated rings. The Balaban J connectivity index is 0.000000504. The van der Waals surface area contributed by atoms with Crippen LogP contribution in [0, 0.1) is 12.8 Å². The summed E-state index contributed by atoms with van der Waals surface area (Å²) in [6.45, 7) is 14.8. The van der Waals surface area contributed by atoms with E-state index in [4.69, 9.17) is 0 Å². The zero-order chi connectivity index (χ0) is 19.4. The smallest absolute Gasteiger partial charge is 0.150 e. The Morgan fingerprint density at radius 3 is 2.41 bits per heavy atom. The third-order valence-electron chi connectivity index (χ3n) is 5.21. The lowest BCUT2D eigenvalue weighted by Crippen LogP contribution is -2.32. The summed E-state index contributed by atoms with van der Waals surface area (Å²) in [6.07, 6.45) is 12.6. The molecule has 0 bridgehead atoms. The van der Waals surface area contributed by atoms with Crippen molar-refractivity contribution >= 4 is 6.29 Å². The van der Waals surface area contributed by atoms with Gasteiger partial charge in [-0.05, 0) is 44.6 Å². The van der Waals surface area contributed by atoms with Crippen LogP contribution in [0.15, 0.2) is 42.6 Å². The molecular formula is C25H41NO. The van der Waals surface area contributed by atoms with Crippen molar-refractivity contribution in [3.63, 3.8) is 0 Å². The molecule has 0 radical (unpaired) electrons. The third-order valence-corrected chi connectivity index (χ3v) is 5.21. The maximum absolute atomic E-state index is 10.5. The van der Waals surface area contributed by atoms with E-state index in [9.17, 15) is 4.79 Å². The number of piperidine rings is 1. The Hall–Kier alpha value is -1.83. The van der Waals surface area contributed by atoms with Gasteiger partial charge < -0.3 is 4.90 Å². The molecule has 152 valence electrons. The van der Waals surface area contributed by atoms with Gasteiger partial charge in [-0.3, -0.25) is 4.79 Å². The highest BCUT2D eigenvalue weighted by molar-refractivity contribution is 5.77. The van der Waals surface area contributed by atoms with Gasteiger partial charge in [0.25, 0.3) is 0 Å². The molecule has 0 N–H and O–H groups in total. The fraction of sp³-hybridized carbons (Fsp3) is 0.560. The fourth-order valence-electron chi connectivity index (χ4n) is 3.65. The molecule has 2 rings (SSSR count). The van der Waals surface area contributed by atoms with Crippen LogP contribution >= 0.6 is 0 Å². The minimum atomic E-state index is 0. The molecule has 27 heavy (non-hydrogen) atoms. The van der Waals surface area contributed by atoms with Crippen molar-refractivity contribution < 1.29 is 4.79 Å². The van der Waals surface area contributed by atoms with E-state index in [2.05, 4.69) is 44.4 Å². The Morgan fingerprint density at radius 1 is 1.26 bits per heavy atom. The second-order valence-electron chi connectivity index (χ2n) is 7.17. The van der Waals surface area contributed by atoms with Gasteiger partial charge in [-0.1, -0.05) is 70.0 Å². The summed E-state index contributed by atoms with van der Waals surface area (Å²) in [7, 11) is 0. The summed E-state index contributed by atoms with van der Waals surface area (Å²) in [5.74, 6) is 0.980. The van der Waals surface area contributed by atoms with Crippen LogP contribution in [-0.4, -0.2) is 24.3 Å². The van der Waals surface area contributed by atoms with Gasteiger partial charge in [-0.2, -0.15) is 0 Å². The van der Waals surface area contributed by atoms with E-state index in [-0.39, 0.29) is 7.43 Å². The Labute approximate surface area is 168 Å². The highest BCUT2D eigenvalue weighted by Crippen LogP contribution is 2.25. The Kier molecular flexibility index (Phi) is 13.3. The molecule has 1 aliphatic heterocycles. The number of aldehydes is 1. The van der Waals surface area contributed by atoms with Gasteiger partial charge in [0, 0.05) is 30.8 Å². The van der Waals surface area contributed by atoms with Crippen LogP contribution in [0.2, 0.25) is 0 Å². The second-order valence-corrected chi connectivity index (χ2v) is 7.17. The molecule has 2 nitrogen and oxygen atoms in total. The number of allylic oxidation sites excluding steroid dienone is 2. The maximum Gasteiger partial charge on any atom is 0.150 e. The predicted octanol–water partition coefficient (Wildman–Crippen LogP) is 6.98. The highest BCUT2D eigenvalue weighted by atomic mass is 16.1. The lowest BCUT2D eigenvalue weighted by atomic mass is 9.92. The van der Waals surface area contributed by atoms with Crippen molar-refractivity contribution in [3.05, 3.63) is 59.3 Å². The molecule has 0 amide bonds. The molecule has 1 aromatic carbocycles. The van der Waals surface area contributed by atoms with E-state index < -0.39 is 0 Å². The van der Waals surface area contributed by atoms with Crippen LogP contribution in [0.4, 0.5) is 0 Å². The standard InChI is InChI=1S/C14H25N.C10H12O.CH4/c1-4-7-13-9-11-15(12-10-13)14(6-3)8-5-2;1-3-9-6-8(2)4-5-10(9)7-11;/h5-6,13H,2,4,7-12H2,1,3H3;4-7H,3H2,1-2H3;1H4/b14-6-;;. The number of likely N-dealkylation sites (tertiary alicyclic amines) is 1. The van der Waals surface area contributed by atoms with Crippen LogP contribution < -0.4 is 0 Å². The summed E-state index contributed by atoms with van der Waals surface area (Å²) in [5, 5.41) is 0.